The number of pyridine rings is 1. The lowest BCUT2D eigenvalue weighted by molar-refractivity contribution is 1.10. The Morgan fingerprint density at radius 1 is 1.38 bits per heavy atom. The third-order valence-corrected chi connectivity index (χ3v) is 2.67. The second kappa shape index (κ2) is 4.92. The number of aryl methyl sites for hydroxylation is 1. The molecule has 0 atom stereocenters. The van der Waals surface area contributed by atoms with Crippen LogP contribution in [0.5, 0.6) is 0 Å². The predicted octanol–water partition coefficient (Wildman–Crippen LogP) is 3.28. The van der Waals surface area contributed by atoms with Gasteiger partial charge in [0.1, 0.15) is 0 Å². The summed E-state index contributed by atoms with van der Waals surface area (Å²) in [5, 5.41) is 1.17. The predicted molar refractivity (Wildman–Crippen MR) is 58.1 cm³/mol. The van der Waals surface area contributed by atoms with Gasteiger partial charge in [-0.1, -0.05) is 20.8 Å². The molecule has 70 valence electrons. The Balaban J connectivity index is 0.000000396. The number of nitrogens with zero attached hydrogens (tertiary/aromatic N) is 2. The van der Waals surface area contributed by atoms with Crippen molar-refractivity contribution in [2.24, 2.45) is 0 Å². The highest BCUT2D eigenvalue weighted by Crippen LogP contribution is 2.19. The molecule has 2 rings (SSSR count). The molecule has 0 fully saturated rings. The fourth-order valence-electron chi connectivity index (χ4n) is 0.965. The number of aromatic nitrogens is 2. The van der Waals surface area contributed by atoms with Crippen molar-refractivity contribution in [2.75, 3.05) is 0 Å². The first kappa shape index (κ1) is 10.1. The maximum absolute atomic E-state index is 4.34. The minimum Gasteiger partial charge on any atom is -0.236 e. The molecule has 0 aliphatic heterocycles. The largest absolute Gasteiger partial charge is 0.236 e. The molecular weight excluding hydrogens is 180 g/mol. The van der Waals surface area contributed by atoms with Gasteiger partial charge in [0.15, 0.2) is 5.65 Å². The van der Waals surface area contributed by atoms with Crippen LogP contribution in [0.1, 0.15) is 25.8 Å². The summed E-state index contributed by atoms with van der Waals surface area (Å²) in [5.74, 6) is 0. The summed E-state index contributed by atoms with van der Waals surface area (Å²) in [6.07, 6.45) is 2.78. The quantitative estimate of drug-likeness (QED) is 0.696. The molecule has 0 radical (unpaired) electrons. The Labute approximate surface area is 82.7 Å². The fourth-order valence-corrected chi connectivity index (χ4v) is 1.83. The molecule has 0 amide bonds. The molecule has 2 heterocycles. The molecule has 0 saturated carbocycles. The lowest BCUT2D eigenvalue weighted by Gasteiger charge is -1.80. The zero-order chi connectivity index (χ0) is 9.68. The van der Waals surface area contributed by atoms with Crippen LogP contribution in [-0.2, 0) is 6.42 Å². The molecule has 2 nitrogen and oxygen atoms in total. The molecule has 13 heavy (non-hydrogen) atoms. The van der Waals surface area contributed by atoms with Gasteiger partial charge in [-0.25, -0.2) is 9.97 Å². The third-order valence-electron chi connectivity index (χ3n) is 1.51. The molecule has 2 aromatic heterocycles. The number of rotatable bonds is 1. The summed E-state index contributed by atoms with van der Waals surface area (Å²) in [5.41, 5.74) is 0.884. The van der Waals surface area contributed by atoms with Crippen molar-refractivity contribution in [1.29, 1.82) is 0 Å². The molecular formula is C10H14N2S. The number of thiazole rings is 1. The van der Waals surface area contributed by atoms with E-state index in [-0.39, 0.29) is 0 Å². The molecule has 0 spiro atoms. The van der Waals surface area contributed by atoms with Crippen LogP contribution in [0.15, 0.2) is 18.3 Å². The number of hydrogen-bond donors (Lipinski definition) is 0. The van der Waals surface area contributed by atoms with Gasteiger partial charge in [0, 0.05) is 6.20 Å². The van der Waals surface area contributed by atoms with E-state index in [9.17, 15) is 0 Å². The minimum atomic E-state index is 0.884. The summed E-state index contributed by atoms with van der Waals surface area (Å²) < 4.78 is 1.18. The van der Waals surface area contributed by atoms with Crippen molar-refractivity contribution in [2.45, 2.75) is 27.2 Å². The maximum atomic E-state index is 4.34. The molecule has 3 heteroatoms. The SMILES string of the molecule is CC.CCc1nc2ncccc2s1. The summed E-state index contributed by atoms with van der Waals surface area (Å²) >= 11 is 1.72. The van der Waals surface area contributed by atoms with Crippen LogP contribution >= 0.6 is 11.3 Å². The van der Waals surface area contributed by atoms with Gasteiger partial charge in [-0.2, -0.15) is 0 Å². The average Bonchev–Trinajstić information content (AvgIpc) is 2.63. The van der Waals surface area contributed by atoms with Crippen molar-refractivity contribution >= 4 is 21.7 Å². The van der Waals surface area contributed by atoms with Gasteiger partial charge >= 0.3 is 0 Å². The van der Waals surface area contributed by atoms with E-state index in [0.29, 0.717) is 0 Å². The van der Waals surface area contributed by atoms with Gasteiger partial charge in [-0.05, 0) is 18.6 Å². The van der Waals surface area contributed by atoms with Crippen LogP contribution in [0.3, 0.4) is 0 Å². The van der Waals surface area contributed by atoms with Gasteiger partial charge in [-0.3, -0.25) is 0 Å². The Morgan fingerprint density at radius 3 is 2.77 bits per heavy atom. The van der Waals surface area contributed by atoms with Crippen LogP contribution in [-0.4, -0.2) is 9.97 Å². The number of fused-ring (bicyclic) bond motifs is 1. The average molecular weight is 194 g/mol. The second-order valence-electron chi connectivity index (χ2n) is 2.29. The second-order valence-corrected chi connectivity index (χ2v) is 3.40. The van der Waals surface area contributed by atoms with E-state index in [2.05, 4.69) is 23.0 Å². The van der Waals surface area contributed by atoms with E-state index in [1.165, 1.54) is 9.71 Å². The third kappa shape index (κ3) is 2.25. The Bertz CT molecular complexity index is 335. The molecule has 0 aliphatic carbocycles. The zero-order valence-electron chi connectivity index (χ0n) is 8.24. The van der Waals surface area contributed by atoms with Gasteiger partial charge in [0.05, 0.1) is 9.71 Å². The zero-order valence-corrected chi connectivity index (χ0v) is 9.06. The smallest absolute Gasteiger partial charge is 0.170 e. The standard InChI is InChI=1S/C8H8N2S.C2H6/c1-2-7-10-8-6(11-7)4-3-5-9-8;1-2/h3-5H,2H2,1H3;1-2H3. The first-order valence-corrected chi connectivity index (χ1v) is 5.42. The van der Waals surface area contributed by atoms with E-state index >= 15 is 0 Å². The highest BCUT2D eigenvalue weighted by Gasteiger charge is 2.00. The van der Waals surface area contributed by atoms with Crippen molar-refractivity contribution in [3.63, 3.8) is 0 Å². The first-order chi connectivity index (χ1) is 6.40. The van der Waals surface area contributed by atoms with Gasteiger partial charge in [-0.15, -0.1) is 11.3 Å². The summed E-state index contributed by atoms with van der Waals surface area (Å²) in [6, 6.07) is 4.00. The topological polar surface area (TPSA) is 25.8 Å². The number of hydrogen-bond acceptors (Lipinski definition) is 3. The van der Waals surface area contributed by atoms with Gasteiger partial charge < -0.3 is 0 Å². The van der Waals surface area contributed by atoms with E-state index in [4.69, 9.17) is 0 Å². The Kier molecular flexibility index (Phi) is 3.83. The van der Waals surface area contributed by atoms with Gasteiger partial charge in [0.2, 0.25) is 0 Å². The van der Waals surface area contributed by atoms with Crippen LogP contribution in [0.2, 0.25) is 0 Å². The highest BCUT2D eigenvalue weighted by molar-refractivity contribution is 7.18. The van der Waals surface area contributed by atoms with Crippen LogP contribution in [0.4, 0.5) is 0 Å². The van der Waals surface area contributed by atoms with Crippen LogP contribution < -0.4 is 0 Å². The summed E-state index contributed by atoms with van der Waals surface area (Å²) in [4.78, 5) is 8.49. The lowest BCUT2D eigenvalue weighted by atomic mass is 10.5. The van der Waals surface area contributed by atoms with E-state index in [1.807, 2.05) is 19.9 Å². The van der Waals surface area contributed by atoms with Gasteiger partial charge in [0.25, 0.3) is 0 Å². The summed E-state index contributed by atoms with van der Waals surface area (Å²) in [7, 11) is 0. The monoisotopic (exact) mass is 194 g/mol. The van der Waals surface area contributed by atoms with Crippen molar-refractivity contribution in [3.05, 3.63) is 23.3 Å². The Morgan fingerprint density at radius 2 is 2.15 bits per heavy atom. The van der Waals surface area contributed by atoms with Crippen LogP contribution in [0, 0.1) is 0 Å². The molecule has 0 saturated heterocycles. The minimum absolute atomic E-state index is 0.884. The molecule has 2 aromatic rings. The fraction of sp³-hybridized carbons (Fsp3) is 0.400. The highest BCUT2D eigenvalue weighted by atomic mass is 32.1. The maximum Gasteiger partial charge on any atom is 0.170 e. The molecule has 0 N–H and O–H groups in total. The van der Waals surface area contributed by atoms with Crippen LogP contribution in [0.25, 0.3) is 10.3 Å². The van der Waals surface area contributed by atoms with E-state index < -0.39 is 0 Å². The van der Waals surface area contributed by atoms with E-state index in [0.717, 1.165) is 12.1 Å². The molecule has 0 aliphatic rings. The normalized spacial score (nSPS) is 9.46. The van der Waals surface area contributed by atoms with E-state index in [1.54, 1.807) is 17.5 Å². The Hall–Kier alpha value is -0.960. The van der Waals surface area contributed by atoms with Crippen molar-refractivity contribution in [1.82, 2.24) is 9.97 Å². The first-order valence-electron chi connectivity index (χ1n) is 4.60. The lowest BCUT2D eigenvalue weighted by Crippen LogP contribution is -1.76. The molecule has 0 aromatic carbocycles. The van der Waals surface area contributed by atoms with Crippen molar-refractivity contribution in [3.8, 4) is 0 Å². The molecule has 0 bridgehead atoms. The summed E-state index contributed by atoms with van der Waals surface area (Å²) in [6.45, 7) is 6.11. The molecule has 0 unspecified atom stereocenters. The van der Waals surface area contributed by atoms with Crippen molar-refractivity contribution < 1.29 is 0 Å².